The lowest BCUT2D eigenvalue weighted by Gasteiger charge is -2.04. The van der Waals surface area contributed by atoms with Gasteiger partial charge in [0.25, 0.3) is 0 Å². The molecule has 3 heteroatoms. The molecule has 18 heavy (non-hydrogen) atoms. The van der Waals surface area contributed by atoms with Crippen molar-refractivity contribution in [3.63, 3.8) is 0 Å². The second-order valence-electron chi connectivity index (χ2n) is 4.06. The smallest absolute Gasteiger partial charge is 0.127 e. The predicted molar refractivity (Wildman–Crippen MR) is 79.0 cm³/mol. The van der Waals surface area contributed by atoms with Gasteiger partial charge in [-0.05, 0) is 28.6 Å². The fourth-order valence-corrected chi connectivity index (χ4v) is 2.56. The third-order valence-electron chi connectivity index (χ3n) is 2.72. The van der Waals surface area contributed by atoms with Crippen LogP contribution in [0.1, 0.15) is 28.8 Å². The first kappa shape index (κ1) is 13.1. The Kier molecular flexibility index (Phi) is 4.34. The Morgan fingerprint density at radius 2 is 2.00 bits per heavy atom. The Labute approximate surface area is 116 Å². The van der Waals surface area contributed by atoms with E-state index in [2.05, 4.69) is 0 Å². The largest absolute Gasteiger partial charge is 0.303 e. The molecule has 1 nitrogen and oxygen atoms in total. The molecule has 0 aliphatic rings. The lowest BCUT2D eigenvalue weighted by Crippen LogP contribution is -1.93. The second-order valence-corrected chi connectivity index (χ2v) is 5.42. The molecule has 0 saturated carbocycles. The van der Waals surface area contributed by atoms with Gasteiger partial charge in [0.15, 0.2) is 0 Å². The van der Waals surface area contributed by atoms with Gasteiger partial charge in [-0.3, -0.25) is 0 Å². The first-order chi connectivity index (χ1) is 8.70. The first-order valence-electron chi connectivity index (χ1n) is 5.67. The number of aldehydes is 1. The summed E-state index contributed by atoms with van der Waals surface area (Å²) in [5, 5.41) is 2.74. The van der Waals surface area contributed by atoms with Crippen molar-refractivity contribution < 1.29 is 4.79 Å². The van der Waals surface area contributed by atoms with Gasteiger partial charge in [-0.2, -0.15) is 0 Å². The van der Waals surface area contributed by atoms with Crippen LogP contribution in [0.5, 0.6) is 0 Å². The summed E-state index contributed by atoms with van der Waals surface area (Å²) in [5.74, 6) is -0.0594. The molecule has 0 spiro atoms. The summed E-state index contributed by atoms with van der Waals surface area (Å²) in [6.07, 6.45) is 2.88. The zero-order valence-corrected chi connectivity index (χ0v) is 11.5. The van der Waals surface area contributed by atoms with Gasteiger partial charge < -0.3 is 4.79 Å². The number of carbonyl (C=O) groups excluding carboxylic acids is 1. The van der Waals surface area contributed by atoms with Crippen LogP contribution in [0.4, 0.5) is 0 Å². The molecule has 0 N–H and O–H groups in total. The fourth-order valence-electron chi connectivity index (χ4n) is 1.61. The average Bonchev–Trinajstić information content (AvgIpc) is 2.92. The Morgan fingerprint density at radius 3 is 2.56 bits per heavy atom. The highest BCUT2D eigenvalue weighted by molar-refractivity contribution is 7.12. The maximum absolute atomic E-state index is 10.7. The molecule has 0 saturated heterocycles. The minimum atomic E-state index is -0.0594. The lowest BCUT2D eigenvalue weighted by molar-refractivity contribution is -0.108. The van der Waals surface area contributed by atoms with E-state index < -0.39 is 0 Å². The van der Waals surface area contributed by atoms with Crippen molar-refractivity contribution in [2.24, 2.45) is 0 Å². The summed E-state index contributed by atoms with van der Waals surface area (Å²) in [6, 6.07) is 11.8. The molecule has 2 aromatic rings. The highest BCUT2D eigenvalue weighted by atomic mass is 35.5. The van der Waals surface area contributed by atoms with E-state index in [0.29, 0.717) is 0 Å². The molecule has 1 atom stereocenters. The van der Waals surface area contributed by atoms with Gasteiger partial charge in [0.2, 0.25) is 0 Å². The SMILES string of the molecule is CC(C=O)c1ccc(/C=C(\Cl)c2cccs2)cc1. The number of thiophene rings is 1. The zero-order valence-electron chi connectivity index (χ0n) is 9.97. The quantitative estimate of drug-likeness (QED) is 0.734. The van der Waals surface area contributed by atoms with E-state index in [1.54, 1.807) is 11.3 Å². The second kappa shape index (κ2) is 5.98. The number of hydrogen-bond donors (Lipinski definition) is 0. The average molecular weight is 277 g/mol. The fraction of sp³-hybridized carbons (Fsp3) is 0.133. The molecule has 0 bridgehead atoms. The van der Waals surface area contributed by atoms with Gasteiger partial charge in [0.05, 0.1) is 5.03 Å². The van der Waals surface area contributed by atoms with Crippen LogP contribution in [0.15, 0.2) is 41.8 Å². The van der Waals surface area contributed by atoms with E-state index in [1.807, 2.05) is 54.8 Å². The van der Waals surface area contributed by atoms with Gasteiger partial charge in [-0.15, -0.1) is 11.3 Å². The van der Waals surface area contributed by atoms with Crippen LogP contribution < -0.4 is 0 Å². The zero-order chi connectivity index (χ0) is 13.0. The predicted octanol–water partition coefficient (Wildman–Crippen LogP) is 4.79. The first-order valence-corrected chi connectivity index (χ1v) is 6.93. The van der Waals surface area contributed by atoms with Gasteiger partial charge in [-0.25, -0.2) is 0 Å². The van der Waals surface area contributed by atoms with Crippen molar-refractivity contribution in [1.29, 1.82) is 0 Å². The van der Waals surface area contributed by atoms with Gasteiger partial charge in [-0.1, -0.05) is 48.9 Å². The van der Waals surface area contributed by atoms with Crippen molar-refractivity contribution in [3.8, 4) is 0 Å². The lowest BCUT2D eigenvalue weighted by atomic mass is 10.0. The molecule has 0 radical (unpaired) electrons. The third kappa shape index (κ3) is 3.09. The molecule has 0 aliphatic heterocycles. The Morgan fingerprint density at radius 1 is 1.28 bits per heavy atom. The third-order valence-corrected chi connectivity index (χ3v) is 4.04. The van der Waals surface area contributed by atoms with Crippen molar-refractivity contribution in [2.75, 3.05) is 0 Å². The van der Waals surface area contributed by atoms with E-state index in [4.69, 9.17) is 11.6 Å². The van der Waals surface area contributed by atoms with Crippen LogP contribution in [0.25, 0.3) is 11.1 Å². The number of rotatable bonds is 4. The van der Waals surface area contributed by atoms with Crippen molar-refractivity contribution in [3.05, 3.63) is 57.8 Å². The molecule has 1 aromatic carbocycles. The minimum absolute atomic E-state index is 0.0594. The van der Waals surface area contributed by atoms with E-state index in [9.17, 15) is 4.79 Å². The van der Waals surface area contributed by atoms with E-state index in [1.165, 1.54) is 0 Å². The maximum Gasteiger partial charge on any atom is 0.127 e. The normalized spacial score (nSPS) is 13.3. The summed E-state index contributed by atoms with van der Waals surface area (Å²) in [7, 11) is 0. The molecular weight excluding hydrogens is 264 g/mol. The van der Waals surface area contributed by atoms with Crippen LogP contribution in [0.2, 0.25) is 0 Å². The number of carbonyl (C=O) groups is 1. The molecule has 92 valence electrons. The molecule has 2 rings (SSSR count). The Bertz CT molecular complexity index is 540. The number of hydrogen-bond acceptors (Lipinski definition) is 2. The standard InChI is InChI=1S/C15H13ClOS/c1-11(10-17)13-6-4-12(5-7-13)9-14(16)15-3-2-8-18-15/h2-11H,1H3/b14-9-. The Hall–Kier alpha value is -1.38. The number of benzene rings is 1. The summed E-state index contributed by atoms with van der Waals surface area (Å²) < 4.78 is 0. The van der Waals surface area contributed by atoms with E-state index in [0.717, 1.165) is 27.3 Å². The number of halogens is 1. The van der Waals surface area contributed by atoms with Crippen LogP contribution in [-0.4, -0.2) is 6.29 Å². The molecule has 1 unspecified atom stereocenters. The molecule has 0 aliphatic carbocycles. The van der Waals surface area contributed by atoms with Crippen molar-refractivity contribution in [1.82, 2.24) is 0 Å². The maximum atomic E-state index is 10.7. The summed E-state index contributed by atoms with van der Waals surface area (Å²) in [5.41, 5.74) is 2.06. The van der Waals surface area contributed by atoms with E-state index >= 15 is 0 Å². The van der Waals surface area contributed by atoms with E-state index in [-0.39, 0.29) is 5.92 Å². The van der Waals surface area contributed by atoms with Crippen molar-refractivity contribution >= 4 is 40.3 Å². The summed E-state index contributed by atoms with van der Waals surface area (Å²) in [4.78, 5) is 11.7. The van der Waals surface area contributed by atoms with Crippen LogP contribution in [-0.2, 0) is 4.79 Å². The molecule has 0 amide bonds. The highest BCUT2D eigenvalue weighted by Gasteiger charge is 2.03. The van der Waals surface area contributed by atoms with Gasteiger partial charge in [0, 0.05) is 10.8 Å². The molecule has 1 aromatic heterocycles. The van der Waals surface area contributed by atoms with Gasteiger partial charge >= 0.3 is 0 Å². The monoisotopic (exact) mass is 276 g/mol. The molecular formula is C15H13ClOS. The van der Waals surface area contributed by atoms with Crippen molar-refractivity contribution in [2.45, 2.75) is 12.8 Å². The van der Waals surface area contributed by atoms with Crippen LogP contribution in [0.3, 0.4) is 0 Å². The highest BCUT2D eigenvalue weighted by Crippen LogP contribution is 2.26. The summed E-state index contributed by atoms with van der Waals surface area (Å²) in [6.45, 7) is 1.89. The molecule has 0 fully saturated rings. The minimum Gasteiger partial charge on any atom is -0.303 e. The summed E-state index contributed by atoms with van der Waals surface area (Å²) >= 11 is 7.84. The Balaban J connectivity index is 2.20. The van der Waals surface area contributed by atoms with Crippen LogP contribution in [0, 0.1) is 0 Å². The van der Waals surface area contributed by atoms with Crippen LogP contribution >= 0.6 is 22.9 Å². The molecule has 1 heterocycles. The van der Waals surface area contributed by atoms with Gasteiger partial charge in [0.1, 0.15) is 6.29 Å². The topological polar surface area (TPSA) is 17.1 Å².